The average Bonchev–Trinajstić information content (AvgIpc) is 3.02. The van der Waals surface area contributed by atoms with Gasteiger partial charge in [0, 0.05) is 21.0 Å². The number of amides is 2. The van der Waals surface area contributed by atoms with Crippen LogP contribution < -0.4 is 15.8 Å². The monoisotopic (exact) mass is 490 g/mol. The van der Waals surface area contributed by atoms with E-state index in [-0.39, 0.29) is 11.3 Å². The van der Waals surface area contributed by atoms with Crippen molar-refractivity contribution < 1.29 is 14.3 Å². The Morgan fingerprint density at radius 1 is 1.33 bits per heavy atom. The number of thiophene rings is 1. The second-order valence-corrected chi connectivity index (χ2v) is 10.6. The van der Waals surface area contributed by atoms with Crippen LogP contribution in [0.2, 0.25) is 0 Å². The molecule has 0 radical (unpaired) electrons. The highest BCUT2D eigenvalue weighted by Gasteiger charge is 2.33. The van der Waals surface area contributed by atoms with Gasteiger partial charge < -0.3 is 15.8 Å². The van der Waals surface area contributed by atoms with Crippen molar-refractivity contribution in [1.82, 2.24) is 0 Å². The molecule has 5 nitrogen and oxygen atoms in total. The van der Waals surface area contributed by atoms with E-state index in [1.54, 1.807) is 13.2 Å². The molecule has 30 heavy (non-hydrogen) atoms. The van der Waals surface area contributed by atoms with Crippen molar-refractivity contribution in [2.24, 2.45) is 17.1 Å². The number of primary amides is 1. The number of rotatable bonds is 5. The molecule has 0 unspecified atom stereocenters. The van der Waals surface area contributed by atoms with Crippen molar-refractivity contribution in [3.63, 3.8) is 0 Å². The van der Waals surface area contributed by atoms with E-state index in [4.69, 9.17) is 10.5 Å². The van der Waals surface area contributed by atoms with E-state index in [0.717, 1.165) is 39.7 Å². The van der Waals surface area contributed by atoms with Crippen LogP contribution >= 0.6 is 27.3 Å². The molecule has 0 spiro atoms. The van der Waals surface area contributed by atoms with E-state index in [0.29, 0.717) is 22.2 Å². The molecular weight excluding hydrogens is 464 g/mol. The molecule has 2 aromatic rings. The van der Waals surface area contributed by atoms with E-state index < -0.39 is 5.91 Å². The summed E-state index contributed by atoms with van der Waals surface area (Å²) in [7, 11) is 1.58. The summed E-state index contributed by atoms with van der Waals surface area (Å²) in [5, 5.41) is 3.40. The Balaban J connectivity index is 1.83. The van der Waals surface area contributed by atoms with Gasteiger partial charge in [0.25, 0.3) is 5.91 Å². The normalized spacial score (nSPS) is 16.4. The third-order valence-corrected chi connectivity index (χ3v) is 7.24. The number of methoxy groups -OCH3 is 1. The molecule has 0 saturated carbocycles. The summed E-state index contributed by atoms with van der Waals surface area (Å²) in [6.07, 6.45) is 5.86. The smallest absolute Gasteiger partial charge is 0.251 e. The van der Waals surface area contributed by atoms with E-state index in [1.165, 1.54) is 17.4 Å². The number of hydrogen-bond acceptors (Lipinski definition) is 4. The second-order valence-electron chi connectivity index (χ2n) is 8.59. The minimum Gasteiger partial charge on any atom is -0.496 e. The van der Waals surface area contributed by atoms with Gasteiger partial charge in [-0.15, -0.1) is 11.3 Å². The molecule has 3 N–H and O–H groups in total. The Morgan fingerprint density at radius 3 is 2.70 bits per heavy atom. The fourth-order valence-electron chi connectivity index (χ4n) is 3.83. The van der Waals surface area contributed by atoms with E-state index in [1.807, 2.05) is 18.2 Å². The summed E-state index contributed by atoms with van der Waals surface area (Å²) in [5.41, 5.74) is 8.11. The van der Waals surface area contributed by atoms with Crippen LogP contribution in [0.15, 0.2) is 28.7 Å². The summed E-state index contributed by atoms with van der Waals surface area (Å²) in [6.45, 7) is 6.73. The molecule has 1 aliphatic rings. The number of hydrogen-bond donors (Lipinski definition) is 2. The van der Waals surface area contributed by atoms with Gasteiger partial charge in [-0.05, 0) is 60.4 Å². The predicted octanol–water partition coefficient (Wildman–Crippen LogP) is 5.42. The number of ether oxygens (including phenoxy) is 1. The van der Waals surface area contributed by atoms with Crippen molar-refractivity contribution in [3.8, 4) is 5.75 Å². The zero-order chi connectivity index (χ0) is 22.1. The molecule has 1 aliphatic carbocycles. The topological polar surface area (TPSA) is 81.4 Å². The molecule has 0 bridgehead atoms. The first-order valence-electron chi connectivity index (χ1n) is 9.87. The van der Waals surface area contributed by atoms with Gasteiger partial charge >= 0.3 is 0 Å². The minimum absolute atomic E-state index is 0.198. The van der Waals surface area contributed by atoms with Gasteiger partial charge in [0.2, 0.25) is 5.91 Å². The molecule has 3 rings (SSSR count). The van der Waals surface area contributed by atoms with Crippen LogP contribution in [0.3, 0.4) is 0 Å². The summed E-state index contributed by atoms with van der Waals surface area (Å²) in [4.78, 5) is 25.9. The number of carbonyl (C=O) groups excluding carboxylic acids is 2. The fraction of sp³-hybridized carbons (Fsp3) is 0.391. The third kappa shape index (κ3) is 4.95. The molecule has 0 aliphatic heterocycles. The number of anilines is 1. The number of halogens is 1. The number of fused-ring (bicyclic) bond motifs is 1. The van der Waals surface area contributed by atoms with Crippen molar-refractivity contribution in [3.05, 3.63) is 50.3 Å². The molecule has 0 saturated heterocycles. The van der Waals surface area contributed by atoms with Gasteiger partial charge in [-0.2, -0.15) is 0 Å². The SMILES string of the molecule is COc1ccc(Br)cc1/C=C/C(=O)Nc1sc2c(c1C(N)=O)CC[C@H](C(C)(C)C)C2. The molecular formula is C23H27BrN2O3S. The Bertz CT molecular complexity index is 1000. The van der Waals surface area contributed by atoms with Crippen molar-refractivity contribution >= 4 is 50.2 Å². The van der Waals surface area contributed by atoms with Crippen LogP contribution in [0.4, 0.5) is 5.00 Å². The lowest BCUT2D eigenvalue weighted by molar-refractivity contribution is -0.111. The van der Waals surface area contributed by atoms with Gasteiger partial charge in [-0.25, -0.2) is 0 Å². The molecule has 160 valence electrons. The first kappa shape index (κ1) is 22.6. The number of nitrogens with one attached hydrogen (secondary N) is 1. The van der Waals surface area contributed by atoms with Gasteiger partial charge in [0.05, 0.1) is 12.7 Å². The zero-order valence-corrected chi connectivity index (χ0v) is 20.1. The highest BCUT2D eigenvalue weighted by atomic mass is 79.9. The van der Waals surface area contributed by atoms with Gasteiger partial charge in [-0.3, -0.25) is 9.59 Å². The Kier molecular flexibility index (Phi) is 6.72. The Labute approximate surface area is 189 Å². The van der Waals surface area contributed by atoms with Crippen LogP contribution in [0.1, 0.15) is 53.6 Å². The Morgan fingerprint density at radius 2 is 2.07 bits per heavy atom. The quantitative estimate of drug-likeness (QED) is 0.548. The Hall–Kier alpha value is -2.12. The zero-order valence-electron chi connectivity index (χ0n) is 17.7. The first-order valence-corrected chi connectivity index (χ1v) is 11.5. The maximum absolute atomic E-state index is 12.6. The molecule has 1 aromatic carbocycles. The van der Waals surface area contributed by atoms with Crippen LogP contribution in [-0.2, 0) is 17.6 Å². The van der Waals surface area contributed by atoms with E-state index in [2.05, 4.69) is 42.0 Å². The van der Waals surface area contributed by atoms with Crippen molar-refractivity contribution in [2.75, 3.05) is 12.4 Å². The highest BCUT2D eigenvalue weighted by molar-refractivity contribution is 9.10. The summed E-state index contributed by atoms with van der Waals surface area (Å²) >= 11 is 4.89. The number of carbonyl (C=O) groups is 2. The standard InChI is InChI=1S/C23H27BrN2O3S/c1-23(2,3)14-6-8-16-18(12-14)30-22(20(16)21(25)28)26-19(27)10-5-13-11-15(24)7-9-17(13)29-4/h5,7,9-11,14H,6,8,12H2,1-4H3,(H2,25,28)(H,26,27)/b10-5+/t14-/m0/s1. The number of nitrogens with two attached hydrogens (primary N) is 1. The molecule has 1 atom stereocenters. The third-order valence-electron chi connectivity index (χ3n) is 5.58. The lowest BCUT2D eigenvalue weighted by atomic mass is 9.72. The largest absolute Gasteiger partial charge is 0.496 e. The van der Waals surface area contributed by atoms with Crippen LogP contribution in [-0.4, -0.2) is 18.9 Å². The second kappa shape index (κ2) is 8.94. The minimum atomic E-state index is -0.491. The lowest BCUT2D eigenvalue weighted by Crippen LogP contribution is -2.27. The van der Waals surface area contributed by atoms with Gasteiger partial charge in [0.15, 0.2) is 0 Å². The summed E-state index contributed by atoms with van der Waals surface area (Å²) in [6, 6.07) is 5.57. The summed E-state index contributed by atoms with van der Waals surface area (Å²) < 4.78 is 6.22. The van der Waals surface area contributed by atoms with Gasteiger partial charge in [0.1, 0.15) is 10.8 Å². The maximum atomic E-state index is 12.6. The van der Waals surface area contributed by atoms with Crippen LogP contribution in [0.25, 0.3) is 6.08 Å². The predicted molar refractivity (Wildman–Crippen MR) is 126 cm³/mol. The first-order chi connectivity index (χ1) is 14.1. The molecule has 1 aromatic heterocycles. The highest BCUT2D eigenvalue weighted by Crippen LogP contribution is 2.44. The summed E-state index contributed by atoms with van der Waals surface area (Å²) in [5.74, 6) is 0.400. The molecule has 2 amide bonds. The lowest BCUT2D eigenvalue weighted by Gasteiger charge is -2.33. The van der Waals surface area contributed by atoms with E-state index in [9.17, 15) is 9.59 Å². The van der Waals surface area contributed by atoms with Crippen LogP contribution in [0, 0.1) is 11.3 Å². The average molecular weight is 491 g/mol. The molecule has 7 heteroatoms. The maximum Gasteiger partial charge on any atom is 0.251 e. The van der Waals surface area contributed by atoms with Crippen LogP contribution in [0.5, 0.6) is 5.75 Å². The van der Waals surface area contributed by atoms with E-state index >= 15 is 0 Å². The fourth-order valence-corrected chi connectivity index (χ4v) is 5.54. The van der Waals surface area contributed by atoms with Crippen molar-refractivity contribution in [2.45, 2.75) is 40.0 Å². The molecule has 1 heterocycles. The molecule has 0 fully saturated rings. The number of benzene rings is 1. The van der Waals surface area contributed by atoms with Gasteiger partial charge in [-0.1, -0.05) is 36.7 Å². The van der Waals surface area contributed by atoms with Crippen molar-refractivity contribution in [1.29, 1.82) is 0 Å².